The Morgan fingerprint density at radius 2 is 2.57 bits per heavy atom. The van der Waals surface area contributed by atoms with Gasteiger partial charge in [0, 0.05) is 13.5 Å². The molecule has 0 radical (unpaired) electrons. The zero-order valence-corrected chi connectivity index (χ0v) is 8.10. The lowest BCUT2D eigenvalue weighted by atomic mass is 10.0. The Bertz CT molecular complexity index is 344. The highest BCUT2D eigenvalue weighted by atomic mass is 16.5. The third-order valence-corrected chi connectivity index (χ3v) is 2.43. The molecule has 1 unspecified atom stereocenters. The molecule has 5 nitrogen and oxygen atoms in total. The number of aryl methyl sites for hydroxylation is 1. The Hall–Kier alpha value is -1.33. The van der Waals surface area contributed by atoms with E-state index in [9.17, 15) is 0 Å². The average molecular weight is 194 g/mol. The minimum absolute atomic E-state index is 0.00463. The van der Waals surface area contributed by atoms with Gasteiger partial charge in [-0.2, -0.15) is 0 Å². The van der Waals surface area contributed by atoms with Gasteiger partial charge < -0.3 is 9.30 Å². The van der Waals surface area contributed by atoms with Crippen LogP contribution < -0.4 is 11.3 Å². The molecule has 0 spiro atoms. The first kappa shape index (κ1) is 9.23. The summed E-state index contributed by atoms with van der Waals surface area (Å²) in [7, 11) is 1.95. The van der Waals surface area contributed by atoms with Gasteiger partial charge in [0.15, 0.2) is 0 Å². The number of ether oxygens (including phenoxy) is 1. The quantitative estimate of drug-likeness (QED) is 0.534. The van der Waals surface area contributed by atoms with Crippen LogP contribution in [0.15, 0.2) is 24.4 Å². The van der Waals surface area contributed by atoms with Crippen LogP contribution in [-0.2, 0) is 11.8 Å². The minimum atomic E-state index is 0.00463. The first-order valence-electron chi connectivity index (χ1n) is 4.56. The van der Waals surface area contributed by atoms with E-state index in [4.69, 9.17) is 10.6 Å². The van der Waals surface area contributed by atoms with Crippen molar-refractivity contribution < 1.29 is 4.74 Å². The van der Waals surface area contributed by atoms with E-state index in [0.29, 0.717) is 0 Å². The zero-order chi connectivity index (χ0) is 9.97. The first-order valence-corrected chi connectivity index (χ1v) is 4.56. The number of hydrazine groups is 1. The van der Waals surface area contributed by atoms with Crippen molar-refractivity contribution in [2.75, 3.05) is 6.61 Å². The summed E-state index contributed by atoms with van der Waals surface area (Å²) < 4.78 is 7.14. The molecule has 2 rings (SSSR count). The second kappa shape index (κ2) is 3.81. The number of rotatable bonds is 3. The third-order valence-electron chi connectivity index (χ3n) is 2.43. The highest BCUT2D eigenvalue weighted by Crippen LogP contribution is 2.25. The monoisotopic (exact) mass is 194 g/mol. The van der Waals surface area contributed by atoms with Crippen molar-refractivity contribution in [3.8, 4) is 0 Å². The Morgan fingerprint density at radius 1 is 1.71 bits per heavy atom. The van der Waals surface area contributed by atoms with E-state index < -0.39 is 0 Å². The molecule has 1 aliphatic rings. The number of aromatic nitrogens is 2. The van der Waals surface area contributed by atoms with Gasteiger partial charge >= 0.3 is 0 Å². The van der Waals surface area contributed by atoms with Crippen molar-refractivity contribution in [1.82, 2.24) is 15.0 Å². The van der Waals surface area contributed by atoms with Crippen molar-refractivity contribution >= 4 is 0 Å². The Balaban J connectivity index is 2.25. The van der Waals surface area contributed by atoms with Crippen molar-refractivity contribution in [3.63, 3.8) is 0 Å². The molecule has 0 saturated carbocycles. The SMILES string of the molecule is Cn1cncc1C(NN)C1=COCC1. The Labute approximate surface area is 82.5 Å². The maximum Gasteiger partial charge on any atom is 0.0946 e. The molecule has 76 valence electrons. The van der Waals surface area contributed by atoms with E-state index in [1.54, 1.807) is 12.6 Å². The van der Waals surface area contributed by atoms with Crippen molar-refractivity contribution in [1.29, 1.82) is 0 Å². The predicted molar refractivity (Wildman–Crippen MR) is 51.9 cm³/mol. The van der Waals surface area contributed by atoms with Gasteiger partial charge in [-0.25, -0.2) is 10.4 Å². The van der Waals surface area contributed by atoms with Crippen LogP contribution in [0, 0.1) is 0 Å². The zero-order valence-electron chi connectivity index (χ0n) is 8.10. The van der Waals surface area contributed by atoms with Crippen LogP contribution in [0.25, 0.3) is 0 Å². The van der Waals surface area contributed by atoms with E-state index in [0.717, 1.165) is 24.3 Å². The van der Waals surface area contributed by atoms with Gasteiger partial charge in [0.2, 0.25) is 0 Å². The van der Waals surface area contributed by atoms with Gasteiger partial charge in [0.05, 0.1) is 37.1 Å². The summed E-state index contributed by atoms with van der Waals surface area (Å²) in [6, 6.07) is 0.00463. The maximum atomic E-state index is 5.53. The fraction of sp³-hybridized carbons (Fsp3) is 0.444. The van der Waals surface area contributed by atoms with Gasteiger partial charge in [-0.1, -0.05) is 0 Å². The van der Waals surface area contributed by atoms with Crippen LogP contribution in [0.4, 0.5) is 0 Å². The number of nitrogens with zero attached hydrogens (tertiary/aromatic N) is 2. The molecule has 5 heteroatoms. The second-order valence-corrected chi connectivity index (χ2v) is 3.34. The minimum Gasteiger partial charge on any atom is -0.501 e. The maximum absolute atomic E-state index is 5.53. The largest absolute Gasteiger partial charge is 0.501 e. The Kier molecular flexibility index (Phi) is 2.51. The average Bonchev–Trinajstić information content (AvgIpc) is 2.80. The van der Waals surface area contributed by atoms with Crippen LogP contribution in [0.2, 0.25) is 0 Å². The molecule has 0 bridgehead atoms. The van der Waals surface area contributed by atoms with E-state index in [1.165, 1.54) is 0 Å². The van der Waals surface area contributed by atoms with Crippen molar-refractivity contribution in [2.24, 2.45) is 12.9 Å². The predicted octanol–water partition coefficient (Wildman–Crippen LogP) is 0.229. The summed E-state index contributed by atoms with van der Waals surface area (Å²) in [5.74, 6) is 5.53. The summed E-state index contributed by atoms with van der Waals surface area (Å²) in [5.41, 5.74) is 4.99. The highest BCUT2D eigenvalue weighted by Gasteiger charge is 2.20. The summed E-state index contributed by atoms with van der Waals surface area (Å²) in [4.78, 5) is 4.06. The molecule has 2 heterocycles. The fourth-order valence-electron chi connectivity index (χ4n) is 1.64. The van der Waals surface area contributed by atoms with Crippen LogP contribution >= 0.6 is 0 Å². The molecular weight excluding hydrogens is 180 g/mol. The molecule has 1 atom stereocenters. The van der Waals surface area contributed by atoms with Gasteiger partial charge in [-0.05, 0) is 5.57 Å². The third kappa shape index (κ3) is 1.51. The standard InChI is InChI=1S/C9H14N4O/c1-13-6-11-4-8(13)9(12-10)7-2-3-14-5-7/h4-6,9,12H,2-3,10H2,1H3. The van der Waals surface area contributed by atoms with Gasteiger partial charge in [0.25, 0.3) is 0 Å². The number of hydrogen-bond donors (Lipinski definition) is 2. The molecular formula is C9H14N4O. The molecule has 1 aliphatic heterocycles. The molecule has 0 amide bonds. The molecule has 1 aromatic rings. The topological polar surface area (TPSA) is 65.1 Å². The molecule has 0 fully saturated rings. The molecule has 0 aliphatic carbocycles. The lowest BCUT2D eigenvalue weighted by molar-refractivity contribution is 0.281. The van der Waals surface area contributed by atoms with Crippen molar-refractivity contribution in [3.05, 3.63) is 30.1 Å². The van der Waals surface area contributed by atoms with Crippen LogP contribution in [0.1, 0.15) is 18.2 Å². The van der Waals surface area contributed by atoms with E-state index >= 15 is 0 Å². The molecule has 14 heavy (non-hydrogen) atoms. The van der Waals surface area contributed by atoms with Gasteiger partial charge in [-0.15, -0.1) is 0 Å². The van der Waals surface area contributed by atoms with E-state index in [-0.39, 0.29) is 6.04 Å². The van der Waals surface area contributed by atoms with Crippen LogP contribution in [0.3, 0.4) is 0 Å². The normalized spacial score (nSPS) is 17.7. The summed E-state index contributed by atoms with van der Waals surface area (Å²) >= 11 is 0. The highest BCUT2D eigenvalue weighted by molar-refractivity contribution is 5.21. The molecule has 0 saturated heterocycles. The van der Waals surface area contributed by atoms with Gasteiger partial charge in [-0.3, -0.25) is 5.84 Å². The summed E-state index contributed by atoms with van der Waals surface area (Å²) in [5, 5.41) is 0. The van der Waals surface area contributed by atoms with Crippen LogP contribution in [-0.4, -0.2) is 16.2 Å². The Morgan fingerprint density at radius 3 is 3.07 bits per heavy atom. The lowest BCUT2D eigenvalue weighted by Crippen LogP contribution is -2.30. The van der Waals surface area contributed by atoms with Gasteiger partial charge in [0.1, 0.15) is 0 Å². The van der Waals surface area contributed by atoms with Crippen LogP contribution in [0.5, 0.6) is 0 Å². The van der Waals surface area contributed by atoms with E-state index in [1.807, 2.05) is 17.8 Å². The summed E-state index contributed by atoms with van der Waals surface area (Å²) in [6.07, 6.45) is 6.26. The number of imidazole rings is 1. The molecule has 0 aromatic carbocycles. The fourth-order valence-corrected chi connectivity index (χ4v) is 1.64. The van der Waals surface area contributed by atoms with Crippen molar-refractivity contribution in [2.45, 2.75) is 12.5 Å². The summed E-state index contributed by atoms with van der Waals surface area (Å²) in [6.45, 7) is 0.741. The second-order valence-electron chi connectivity index (χ2n) is 3.34. The van der Waals surface area contributed by atoms with E-state index in [2.05, 4.69) is 10.4 Å². The molecule has 1 aromatic heterocycles. The smallest absolute Gasteiger partial charge is 0.0946 e. The number of nitrogens with two attached hydrogens (primary N) is 1. The number of hydrogen-bond acceptors (Lipinski definition) is 4. The lowest BCUT2D eigenvalue weighted by Gasteiger charge is -2.16. The molecule has 3 N–H and O–H groups in total. The first-order chi connectivity index (χ1) is 6.83. The number of nitrogens with one attached hydrogen (secondary N) is 1.